The van der Waals surface area contributed by atoms with Crippen molar-refractivity contribution >= 4 is 21.9 Å². The molecule has 1 aromatic heterocycles. The van der Waals surface area contributed by atoms with Crippen LogP contribution < -0.4 is 14.8 Å². The van der Waals surface area contributed by atoms with Crippen molar-refractivity contribution in [3.05, 3.63) is 40.6 Å². The fourth-order valence-electron chi connectivity index (χ4n) is 1.96. The summed E-state index contributed by atoms with van der Waals surface area (Å²) < 4.78 is 11.5. The van der Waals surface area contributed by atoms with Gasteiger partial charge in [-0.3, -0.25) is 0 Å². The van der Waals surface area contributed by atoms with Crippen LogP contribution in [0.25, 0.3) is 0 Å². The van der Waals surface area contributed by atoms with Gasteiger partial charge in [-0.1, -0.05) is 0 Å². The predicted molar refractivity (Wildman–Crippen MR) is 86.1 cm³/mol. The fraction of sp³-hybridized carbons (Fsp3) is 0.333. The van der Waals surface area contributed by atoms with Crippen LogP contribution in [0.3, 0.4) is 0 Å². The Morgan fingerprint density at radius 1 is 1.14 bits per heavy atom. The number of aromatic nitrogens is 2. The SMILES string of the molecule is COc1ccc(OC)c(CCCNc2ncc(Br)cn2)c1. The van der Waals surface area contributed by atoms with Crippen molar-refractivity contribution in [1.82, 2.24) is 9.97 Å². The summed E-state index contributed by atoms with van der Waals surface area (Å²) in [6, 6.07) is 5.84. The predicted octanol–water partition coefficient (Wildman–Crippen LogP) is 3.30. The molecular weight excluding hydrogens is 334 g/mol. The van der Waals surface area contributed by atoms with E-state index in [0.717, 1.165) is 40.9 Å². The summed E-state index contributed by atoms with van der Waals surface area (Å²) in [5.74, 6) is 2.36. The van der Waals surface area contributed by atoms with Crippen molar-refractivity contribution < 1.29 is 9.47 Å². The highest BCUT2D eigenvalue weighted by molar-refractivity contribution is 9.10. The van der Waals surface area contributed by atoms with Crippen molar-refractivity contribution in [2.45, 2.75) is 12.8 Å². The molecule has 21 heavy (non-hydrogen) atoms. The molecule has 5 nitrogen and oxygen atoms in total. The zero-order chi connectivity index (χ0) is 15.1. The van der Waals surface area contributed by atoms with Gasteiger partial charge in [0.2, 0.25) is 5.95 Å². The number of halogens is 1. The van der Waals surface area contributed by atoms with Gasteiger partial charge in [0.1, 0.15) is 11.5 Å². The molecule has 0 atom stereocenters. The van der Waals surface area contributed by atoms with E-state index in [0.29, 0.717) is 5.95 Å². The van der Waals surface area contributed by atoms with E-state index in [1.165, 1.54) is 0 Å². The summed E-state index contributed by atoms with van der Waals surface area (Å²) in [5, 5.41) is 3.19. The first kappa shape index (κ1) is 15.6. The molecular formula is C15H18BrN3O2. The molecule has 0 aliphatic rings. The molecule has 0 saturated carbocycles. The standard InChI is InChI=1S/C15H18BrN3O2/c1-20-13-5-6-14(21-2)11(8-13)4-3-7-17-15-18-9-12(16)10-19-15/h5-6,8-10H,3-4,7H2,1-2H3,(H,17,18,19). The molecule has 2 aromatic rings. The Bertz CT molecular complexity index is 576. The zero-order valence-electron chi connectivity index (χ0n) is 12.1. The molecule has 0 radical (unpaired) electrons. The van der Waals surface area contributed by atoms with Crippen LogP contribution in [0.4, 0.5) is 5.95 Å². The Hall–Kier alpha value is -1.82. The van der Waals surface area contributed by atoms with Crippen LogP contribution in [0.2, 0.25) is 0 Å². The van der Waals surface area contributed by atoms with Gasteiger partial charge >= 0.3 is 0 Å². The third-order valence-corrected chi connectivity index (χ3v) is 3.42. The summed E-state index contributed by atoms with van der Waals surface area (Å²) in [4.78, 5) is 8.34. The lowest BCUT2D eigenvalue weighted by Gasteiger charge is -2.10. The maximum absolute atomic E-state index is 5.37. The minimum Gasteiger partial charge on any atom is -0.497 e. The summed E-state index contributed by atoms with van der Waals surface area (Å²) >= 11 is 3.31. The van der Waals surface area contributed by atoms with Crippen LogP contribution in [0, 0.1) is 0 Å². The second-order valence-corrected chi connectivity index (χ2v) is 5.35. The minimum atomic E-state index is 0.635. The Morgan fingerprint density at radius 2 is 1.90 bits per heavy atom. The lowest BCUT2D eigenvalue weighted by Crippen LogP contribution is -2.06. The first-order chi connectivity index (χ1) is 10.2. The molecule has 0 spiro atoms. The maximum Gasteiger partial charge on any atom is 0.222 e. The molecule has 0 aliphatic heterocycles. The lowest BCUT2D eigenvalue weighted by atomic mass is 10.1. The molecule has 6 heteroatoms. The van der Waals surface area contributed by atoms with E-state index in [1.54, 1.807) is 26.6 Å². The summed E-state index contributed by atoms with van der Waals surface area (Å²) in [6.07, 6.45) is 5.29. The van der Waals surface area contributed by atoms with Gasteiger partial charge in [-0.15, -0.1) is 0 Å². The second kappa shape index (κ2) is 7.83. The third kappa shape index (κ3) is 4.60. The first-order valence-electron chi connectivity index (χ1n) is 6.65. The number of ether oxygens (including phenoxy) is 2. The molecule has 0 amide bonds. The number of anilines is 1. The normalized spacial score (nSPS) is 10.2. The molecule has 1 heterocycles. The Balaban J connectivity index is 1.86. The first-order valence-corrected chi connectivity index (χ1v) is 7.44. The van der Waals surface area contributed by atoms with E-state index in [4.69, 9.17) is 9.47 Å². The molecule has 0 unspecified atom stereocenters. The number of hydrogen-bond donors (Lipinski definition) is 1. The number of benzene rings is 1. The van der Waals surface area contributed by atoms with Crippen molar-refractivity contribution in [3.63, 3.8) is 0 Å². The highest BCUT2D eigenvalue weighted by Crippen LogP contribution is 2.25. The lowest BCUT2D eigenvalue weighted by molar-refractivity contribution is 0.398. The van der Waals surface area contributed by atoms with E-state index in [-0.39, 0.29) is 0 Å². The summed E-state index contributed by atoms with van der Waals surface area (Å²) in [6.45, 7) is 0.794. The van der Waals surface area contributed by atoms with Crippen LogP contribution in [0.5, 0.6) is 11.5 Å². The molecule has 0 fully saturated rings. The Labute approximate surface area is 132 Å². The number of nitrogens with one attached hydrogen (secondary N) is 1. The van der Waals surface area contributed by atoms with E-state index < -0.39 is 0 Å². The van der Waals surface area contributed by atoms with E-state index in [9.17, 15) is 0 Å². The smallest absolute Gasteiger partial charge is 0.222 e. The molecule has 2 rings (SSSR count). The van der Waals surface area contributed by atoms with Crippen molar-refractivity contribution in [3.8, 4) is 11.5 Å². The van der Waals surface area contributed by atoms with Crippen molar-refractivity contribution in [2.24, 2.45) is 0 Å². The Morgan fingerprint density at radius 3 is 2.57 bits per heavy atom. The van der Waals surface area contributed by atoms with E-state index >= 15 is 0 Å². The second-order valence-electron chi connectivity index (χ2n) is 4.43. The number of rotatable bonds is 7. The monoisotopic (exact) mass is 351 g/mol. The van der Waals surface area contributed by atoms with Crippen molar-refractivity contribution in [1.29, 1.82) is 0 Å². The van der Waals surface area contributed by atoms with Gasteiger partial charge in [0.15, 0.2) is 0 Å². The average Bonchev–Trinajstić information content (AvgIpc) is 2.53. The maximum atomic E-state index is 5.37. The quantitative estimate of drug-likeness (QED) is 0.775. The number of methoxy groups -OCH3 is 2. The van der Waals surface area contributed by atoms with Gasteiger partial charge in [0.05, 0.1) is 18.7 Å². The summed E-state index contributed by atoms with van der Waals surface area (Å²) in [7, 11) is 3.34. The average molecular weight is 352 g/mol. The van der Waals surface area contributed by atoms with Gasteiger partial charge in [-0.05, 0) is 52.5 Å². The van der Waals surface area contributed by atoms with Crippen LogP contribution >= 0.6 is 15.9 Å². The van der Waals surface area contributed by atoms with Gasteiger partial charge < -0.3 is 14.8 Å². The molecule has 1 N–H and O–H groups in total. The largest absolute Gasteiger partial charge is 0.497 e. The van der Waals surface area contributed by atoms with E-state index in [1.807, 2.05) is 18.2 Å². The Kier molecular flexibility index (Phi) is 5.80. The minimum absolute atomic E-state index is 0.635. The molecule has 112 valence electrons. The number of hydrogen-bond acceptors (Lipinski definition) is 5. The zero-order valence-corrected chi connectivity index (χ0v) is 13.7. The molecule has 0 saturated heterocycles. The highest BCUT2D eigenvalue weighted by Gasteiger charge is 2.05. The van der Waals surface area contributed by atoms with Gasteiger partial charge in [-0.2, -0.15) is 0 Å². The van der Waals surface area contributed by atoms with Crippen LogP contribution in [0.1, 0.15) is 12.0 Å². The molecule has 0 aliphatic carbocycles. The van der Waals surface area contributed by atoms with Gasteiger partial charge in [0, 0.05) is 18.9 Å². The van der Waals surface area contributed by atoms with Gasteiger partial charge in [0.25, 0.3) is 0 Å². The number of aryl methyl sites for hydroxylation is 1. The van der Waals surface area contributed by atoms with Crippen LogP contribution in [-0.4, -0.2) is 30.7 Å². The number of nitrogens with zero attached hydrogens (tertiary/aromatic N) is 2. The van der Waals surface area contributed by atoms with Crippen LogP contribution in [-0.2, 0) is 6.42 Å². The van der Waals surface area contributed by atoms with Crippen LogP contribution in [0.15, 0.2) is 35.1 Å². The topological polar surface area (TPSA) is 56.3 Å². The fourth-order valence-corrected chi connectivity index (χ4v) is 2.16. The molecule has 1 aromatic carbocycles. The molecule has 0 bridgehead atoms. The summed E-state index contributed by atoms with van der Waals surface area (Å²) in [5.41, 5.74) is 1.13. The third-order valence-electron chi connectivity index (χ3n) is 3.01. The highest BCUT2D eigenvalue weighted by atomic mass is 79.9. The van der Waals surface area contributed by atoms with Gasteiger partial charge in [-0.25, -0.2) is 9.97 Å². The van der Waals surface area contributed by atoms with E-state index in [2.05, 4.69) is 31.2 Å². The van der Waals surface area contributed by atoms with Crippen molar-refractivity contribution in [2.75, 3.05) is 26.1 Å².